The standard InChI is InChI=1S/C17H26N2O3.ClH/c1-11(2)14(18)16(20)19-15(12(3)4)17(21)22-10-13-8-6-5-7-9-13;/h5-9,11-12,14-15H,10,18H2,1-4H3,(H,19,20);1H/t14-,15-;/m0./s1. The Bertz CT molecular complexity index is 492. The fraction of sp³-hybridized carbons (Fsp3) is 0.529. The number of esters is 1. The molecule has 1 amide bonds. The van der Waals surface area contributed by atoms with E-state index < -0.39 is 18.1 Å². The summed E-state index contributed by atoms with van der Waals surface area (Å²) in [5, 5.41) is 2.70. The Morgan fingerprint density at radius 2 is 1.65 bits per heavy atom. The Balaban J connectivity index is 0.00000484. The molecular weight excluding hydrogens is 316 g/mol. The van der Waals surface area contributed by atoms with Crippen molar-refractivity contribution in [2.75, 3.05) is 0 Å². The molecule has 0 unspecified atom stereocenters. The van der Waals surface area contributed by atoms with Gasteiger partial charge in [-0.3, -0.25) is 4.79 Å². The minimum absolute atomic E-state index is 0. The summed E-state index contributed by atoms with van der Waals surface area (Å²) in [6, 6.07) is 8.09. The van der Waals surface area contributed by atoms with E-state index in [0.29, 0.717) is 0 Å². The molecule has 5 nitrogen and oxygen atoms in total. The van der Waals surface area contributed by atoms with E-state index in [4.69, 9.17) is 10.5 Å². The molecule has 2 atom stereocenters. The number of nitrogens with one attached hydrogen (secondary N) is 1. The smallest absolute Gasteiger partial charge is 0.329 e. The van der Waals surface area contributed by atoms with Crippen LogP contribution in [0, 0.1) is 11.8 Å². The molecule has 0 saturated heterocycles. The summed E-state index contributed by atoms with van der Waals surface area (Å²) in [5.74, 6) is -0.840. The maximum absolute atomic E-state index is 12.2. The van der Waals surface area contributed by atoms with Crippen LogP contribution in [0.1, 0.15) is 33.3 Å². The van der Waals surface area contributed by atoms with Gasteiger partial charge >= 0.3 is 5.97 Å². The summed E-state index contributed by atoms with van der Waals surface area (Å²) in [7, 11) is 0. The topological polar surface area (TPSA) is 81.4 Å². The zero-order valence-electron chi connectivity index (χ0n) is 14.1. The molecule has 0 spiro atoms. The van der Waals surface area contributed by atoms with Crippen LogP contribution in [0.2, 0.25) is 0 Å². The van der Waals surface area contributed by atoms with E-state index in [1.54, 1.807) is 0 Å². The maximum Gasteiger partial charge on any atom is 0.329 e. The largest absolute Gasteiger partial charge is 0.459 e. The van der Waals surface area contributed by atoms with Crippen LogP contribution in [0.4, 0.5) is 0 Å². The molecule has 0 fully saturated rings. The first-order valence-electron chi connectivity index (χ1n) is 7.59. The van der Waals surface area contributed by atoms with Crippen LogP contribution in [-0.4, -0.2) is 24.0 Å². The lowest BCUT2D eigenvalue weighted by Crippen LogP contribution is -2.52. The van der Waals surface area contributed by atoms with Crippen molar-refractivity contribution < 1.29 is 14.3 Å². The average molecular weight is 343 g/mol. The fourth-order valence-corrected chi connectivity index (χ4v) is 1.87. The number of ether oxygens (including phenoxy) is 1. The molecule has 0 aliphatic heterocycles. The monoisotopic (exact) mass is 342 g/mol. The molecule has 1 aromatic carbocycles. The van der Waals surface area contributed by atoms with Crippen molar-refractivity contribution in [1.82, 2.24) is 5.32 Å². The number of benzene rings is 1. The Hall–Kier alpha value is -1.59. The van der Waals surface area contributed by atoms with E-state index in [1.807, 2.05) is 58.0 Å². The lowest BCUT2D eigenvalue weighted by molar-refractivity contribution is -0.150. The Morgan fingerprint density at radius 1 is 1.09 bits per heavy atom. The lowest BCUT2D eigenvalue weighted by Gasteiger charge is -2.24. The van der Waals surface area contributed by atoms with Crippen LogP contribution in [0.15, 0.2) is 30.3 Å². The highest BCUT2D eigenvalue weighted by molar-refractivity contribution is 5.87. The van der Waals surface area contributed by atoms with Gasteiger partial charge in [0, 0.05) is 0 Å². The van der Waals surface area contributed by atoms with Crippen LogP contribution in [0.5, 0.6) is 0 Å². The number of carbonyl (C=O) groups excluding carboxylic acids is 2. The molecule has 0 bridgehead atoms. The van der Waals surface area contributed by atoms with Crippen molar-refractivity contribution in [3.63, 3.8) is 0 Å². The minimum atomic E-state index is -0.694. The highest BCUT2D eigenvalue weighted by Gasteiger charge is 2.28. The number of carbonyl (C=O) groups is 2. The fourth-order valence-electron chi connectivity index (χ4n) is 1.87. The summed E-state index contributed by atoms with van der Waals surface area (Å²) in [6.45, 7) is 7.63. The van der Waals surface area contributed by atoms with Gasteiger partial charge in [-0.15, -0.1) is 12.4 Å². The van der Waals surface area contributed by atoms with Gasteiger partial charge in [-0.25, -0.2) is 4.79 Å². The molecule has 0 aliphatic carbocycles. The lowest BCUT2D eigenvalue weighted by atomic mass is 10.0. The highest BCUT2D eigenvalue weighted by atomic mass is 35.5. The molecule has 0 aliphatic rings. The van der Waals surface area contributed by atoms with E-state index in [-0.39, 0.29) is 36.8 Å². The van der Waals surface area contributed by atoms with Gasteiger partial charge in [-0.2, -0.15) is 0 Å². The molecule has 1 aromatic rings. The van der Waals surface area contributed by atoms with Crippen molar-refractivity contribution >= 4 is 24.3 Å². The van der Waals surface area contributed by atoms with Crippen molar-refractivity contribution in [3.05, 3.63) is 35.9 Å². The molecule has 0 saturated carbocycles. The summed E-state index contributed by atoms with van der Waals surface area (Å²) in [5.41, 5.74) is 6.72. The van der Waals surface area contributed by atoms with E-state index in [9.17, 15) is 9.59 Å². The highest BCUT2D eigenvalue weighted by Crippen LogP contribution is 2.08. The van der Waals surface area contributed by atoms with Gasteiger partial charge in [0.15, 0.2) is 0 Å². The number of nitrogens with two attached hydrogens (primary N) is 1. The molecule has 23 heavy (non-hydrogen) atoms. The van der Waals surface area contributed by atoms with E-state index >= 15 is 0 Å². The van der Waals surface area contributed by atoms with E-state index in [1.165, 1.54) is 0 Å². The first kappa shape index (κ1) is 21.4. The second-order valence-electron chi connectivity index (χ2n) is 6.09. The SMILES string of the molecule is CC(C)[C@H](N)C(=O)N[C@H](C(=O)OCc1ccccc1)C(C)C.Cl. The molecule has 0 heterocycles. The Kier molecular flexibility index (Phi) is 9.53. The van der Waals surface area contributed by atoms with Gasteiger partial charge in [0.2, 0.25) is 5.91 Å². The molecule has 6 heteroatoms. The number of amides is 1. The third kappa shape index (κ3) is 7.01. The third-order valence-corrected chi connectivity index (χ3v) is 3.46. The predicted molar refractivity (Wildman–Crippen MR) is 93.1 cm³/mol. The quantitative estimate of drug-likeness (QED) is 0.745. The Morgan fingerprint density at radius 3 is 2.13 bits per heavy atom. The molecular formula is C17H27ClN2O3. The van der Waals surface area contributed by atoms with Crippen LogP contribution >= 0.6 is 12.4 Å². The summed E-state index contributed by atoms with van der Waals surface area (Å²) < 4.78 is 5.30. The molecule has 3 N–H and O–H groups in total. The minimum Gasteiger partial charge on any atom is -0.459 e. The maximum atomic E-state index is 12.2. The van der Waals surface area contributed by atoms with Crippen molar-refractivity contribution in [3.8, 4) is 0 Å². The van der Waals surface area contributed by atoms with Crippen molar-refractivity contribution in [2.24, 2.45) is 17.6 Å². The van der Waals surface area contributed by atoms with Crippen LogP contribution in [0.3, 0.4) is 0 Å². The predicted octanol–water partition coefficient (Wildman–Crippen LogP) is 2.28. The molecule has 0 radical (unpaired) electrons. The van der Waals surface area contributed by atoms with E-state index in [2.05, 4.69) is 5.32 Å². The summed E-state index contributed by atoms with van der Waals surface area (Å²) >= 11 is 0. The van der Waals surface area contributed by atoms with Gasteiger partial charge in [0.1, 0.15) is 12.6 Å². The number of rotatable bonds is 7. The van der Waals surface area contributed by atoms with Crippen LogP contribution in [0.25, 0.3) is 0 Å². The van der Waals surface area contributed by atoms with Crippen LogP contribution in [-0.2, 0) is 20.9 Å². The average Bonchev–Trinajstić information content (AvgIpc) is 2.49. The molecule has 0 aromatic heterocycles. The number of hydrogen-bond donors (Lipinski definition) is 2. The van der Waals surface area contributed by atoms with Crippen LogP contribution < -0.4 is 11.1 Å². The Labute approximate surface area is 144 Å². The van der Waals surface area contributed by atoms with Gasteiger partial charge < -0.3 is 15.8 Å². The third-order valence-electron chi connectivity index (χ3n) is 3.46. The van der Waals surface area contributed by atoms with Crippen molar-refractivity contribution in [2.45, 2.75) is 46.4 Å². The van der Waals surface area contributed by atoms with Crippen molar-refractivity contribution in [1.29, 1.82) is 0 Å². The zero-order chi connectivity index (χ0) is 16.7. The second-order valence-corrected chi connectivity index (χ2v) is 6.09. The normalized spacial score (nSPS) is 13.2. The summed E-state index contributed by atoms with van der Waals surface area (Å²) in [6.07, 6.45) is 0. The molecule has 1 rings (SSSR count). The van der Waals surface area contributed by atoms with Gasteiger partial charge in [0.05, 0.1) is 6.04 Å². The van der Waals surface area contributed by atoms with Gasteiger partial charge in [-0.05, 0) is 17.4 Å². The van der Waals surface area contributed by atoms with Gasteiger partial charge in [-0.1, -0.05) is 58.0 Å². The molecule has 130 valence electrons. The van der Waals surface area contributed by atoms with E-state index in [0.717, 1.165) is 5.56 Å². The summed E-state index contributed by atoms with van der Waals surface area (Å²) in [4.78, 5) is 24.2. The number of halogens is 1. The zero-order valence-corrected chi connectivity index (χ0v) is 14.9. The second kappa shape index (κ2) is 10.2. The first-order valence-corrected chi connectivity index (χ1v) is 7.59. The first-order chi connectivity index (χ1) is 10.3. The number of hydrogen-bond acceptors (Lipinski definition) is 4. The van der Waals surface area contributed by atoms with Gasteiger partial charge in [0.25, 0.3) is 0 Å².